The fourth-order valence-electron chi connectivity index (χ4n) is 5.46. The number of rotatable bonds is 7. The first kappa shape index (κ1) is 26.4. The van der Waals surface area contributed by atoms with Crippen LogP contribution in [0.2, 0.25) is 0 Å². The van der Waals surface area contributed by atoms with Crippen LogP contribution in [-0.2, 0) is 32.2 Å². The van der Waals surface area contributed by atoms with Crippen LogP contribution in [-0.4, -0.2) is 46.8 Å². The van der Waals surface area contributed by atoms with E-state index in [-0.39, 0.29) is 43.3 Å². The highest BCUT2D eigenvalue weighted by atomic mass is 16.6. The van der Waals surface area contributed by atoms with Crippen molar-refractivity contribution in [3.63, 3.8) is 0 Å². The van der Waals surface area contributed by atoms with Gasteiger partial charge in [-0.1, -0.05) is 48.9 Å². The standard InChI is InChI=1S/C29H32N4O6/c34-24-14-13-23(26(35)31-24)33-17-20-15-18(11-12-22(20)28(33)37)16-30-27(36)25(19-7-3-1-4-8-19)32-29(38)39-21-9-5-2-6-10-21/h1,3-4,7-8,11-12,15,21,23,25H,2,5-6,9-10,13-14,16-17H2,(H,30,36)(H,32,38)(H,31,34,35)/t23?,25-/m0/s1. The normalized spacial score (nSPS) is 20.2. The Bertz CT molecular complexity index is 1270. The molecule has 5 amide bonds. The van der Waals surface area contributed by atoms with E-state index in [4.69, 9.17) is 4.74 Å². The fraction of sp³-hybridized carbons (Fsp3) is 0.414. The van der Waals surface area contributed by atoms with E-state index in [0.717, 1.165) is 43.2 Å². The predicted molar refractivity (Wildman–Crippen MR) is 140 cm³/mol. The van der Waals surface area contributed by atoms with Crippen LogP contribution in [0.1, 0.15) is 78.0 Å². The van der Waals surface area contributed by atoms with Crippen LogP contribution in [0.15, 0.2) is 48.5 Å². The number of carbonyl (C=O) groups excluding carboxylic acids is 5. The van der Waals surface area contributed by atoms with E-state index >= 15 is 0 Å². The summed E-state index contributed by atoms with van der Waals surface area (Å²) in [5, 5.41) is 7.91. The monoisotopic (exact) mass is 532 g/mol. The molecule has 2 aliphatic heterocycles. The molecule has 39 heavy (non-hydrogen) atoms. The summed E-state index contributed by atoms with van der Waals surface area (Å²) in [4.78, 5) is 64.1. The van der Waals surface area contributed by atoms with Gasteiger partial charge in [0.2, 0.25) is 17.7 Å². The van der Waals surface area contributed by atoms with E-state index in [1.54, 1.807) is 36.4 Å². The van der Waals surface area contributed by atoms with Crippen LogP contribution in [0.25, 0.3) is 0 Å². The molecule has 10 heteroatoms. The second-order valence-electron chi connectivity index (χ2n) is 10.3. The number of piperidine rings is 1. The first-order valence-electron chi connectivity index (χ1n) is 13.5. The number of fused-ring (bicyclic) bond motifs is 1. The van der Waals surface area contributed by atoms with Crippen LogP contribution in [0.4, 0.5) is 4.79 Å². The van der Waals surface area contributed by atoms with Crippen molar-refractivity contribution >= 4 is 29.7 Å². The number of amides is 5. The van der Waals surface area contributed by atoms with Crippen LogP contribution in [0, 0.1) is 0 Å². The maximum absolute atomic E-state index is 13.2. The van der Waals surface area contributed by atoms with Gasteiger partial charge in [0.25, 0.3) is 5.91 Å². The molecule has 2 heterocycles. The summed E-state index contributed by atoms with van der Waals surface area (Å²) in [6, 6.07) is 12.7. The summed E-state index contributed by atoms with van der Waals surface area (Å²) in [5.41, 5.74) is 2.67. The fourth-order valence-corrected chi connectivity index (χ4v) is 5.46. The molecule has 3 N–H and O–H groups in total. The van der Waals surface area contributed by atoms with Gasteiger partial charge in [0.1, 0.15) is 18.2 Å². The Hall–Kier alpha value is -4.21. The van der Waals surface area contributed by atoms with Gasteiger partial charge in [0, 0.05) is 25.1 Å². The Morgan fingerprint density at radius 2 is 1.77 bits per heavy atom. The van der Waals surface area contributed by atoms with Crippen molar-refractivity contribution in [1.29, 1.82) is 0 Å². The summed E-state index contributed by atoms with van der Waals surface area (Å²) in [7, 11) is 0. The minimum atomic E-state index is -0.929. The van der Waals surface area contributed by atoms with Crippen molar-refractivity contribution in [2.75, 3.05) is 0 Å². The molecule has 2 aromatic carbocycles. The molecular formula is C29H32N4O6. The summed E-state index contributed by atoms with van der Waals surface area (Å²) < 4.78 is 5.58. The number of hydrogen-bond donors (Lipinski definition) is 3. The van der Waals surface area contributed by atoms with Gasteiger partial charge in [-0.2, -0.15) is 0 Å². The molecule has 2 fully saturated rings. The molecular weight excluding hydrogens is 500 g/mol. The number of benzene rings is 2. The van der Waals surface area contributed by atoms with Gasteiger partial charge in [-0.25, -0.2) is 4.79 Å². The van der Waals surface area contributed by atoms with Gasteiger partial charge in [-0.05, 0) is 54.9 Å². The number of imide groups is 1. The predicted octanol–water partition coefficient (Wildman–Crippen LogP) is 2.86. The summed E-state index contributed by atoms with van der Waals surface area (Å²) >= 11 is 0. The van der Waals surface area contributed by atoms with Crippen molar-refractivity contribution < 1.29 is 28.7 Å². The van der Waals surface area contributed by atoms with Gasteiger partial charge in [-0.3, -0.25) is 24.5 Å². The third-order valence-electron chi connectivity index (χ3n) is 7.54. The first-order valence-corrected chi connectivity index (χ1v) is 13.5. The number of hydrogen-bond acceptors (Lipinski definition) is 6. The average Bonchev–Trinajstić information content (AvgIpc) is 3.26. The van der Waals surface area contributed by atoms with E-state index in [9.17, 15) is 24.0 Å². The van der Waals surface area contributed by atoms with Crippen molar-refractivity contribution in [2.24, 2.45) is 0 Å². The molecule has 1 unspecified atom stereocenters. The molecule has 2 atom stereocenters. The first-order chi connectivity index (χ1) is 18.9. The molecule has 3 aliphatic rings. The summed E-state index contributed by atoms with van der Waals surface area (Å²) in [6.07, 6.45) is 4.60. The molecule has 1 saturated heterocycles. The molecule has 0 bridgehead atoms. The topological polar surface area (TPSA) is 134 Å². The lowest BCUT2D eigenvalue weighted by atomic mass is 9.98. The Balaban J connectivity index is 1.23. The SMILES string of the molecule is O=C1CCC(N2Cc3cc(CNC(=O)[C@@H](NC(=O)OC4CCCCC4)c4ccccc4)ccc3C2=O)C(=O)N1. The molecule has 10 nitrogen and oxygen atoms in total. The zero-order valence-corrected chi connectivity index (χ0v) is 21.6. The van der Waals surface area contributed by atoms with Crippen molar-refractivity contribution in [3.8, 4) is 0 Å². The summed E-state index contributed by atoms with van der Waals surface area (Å²) in [6.45, 7) is 0.435. The van der Waals surface area contributed by atoms with E-state index in [2.05, 4.69) is 16.0 Å². The van der Waals surface area contributed by atoms with Crippen molar-refractivity contribution in [2.45, 2.75) is 76.2 Å². The van der Waals surface area contributed by atoms with E-state index < -0.39 is 24.1 Å². The van der Waals surface area contributed by atoms with Gasteiger partial charge in [0.05, 0.1) is 0 Å². The van der Waals surface area contributed by atoms with Crippen molar-refractivity contribution in [3.05, 3.63) is 70.8 Å². The molecule has 0 radical (unpaired) electrons. The zero-order valence-electron chi connectivity index (χ0n) is 21.6. The highest BCUT2D eigenvalue weighted by Gasteiger charge is 2.39. The third-order valence-corrected chi connectivity index (χ3v) is 7.54. The lowest BCUT2D eigenvalue weighted by molar-refractivity contribution is -0.137. The van der Waals surface area contributed by atoms with Crippen LogP contribution >= 0.6 is 0 Å². The smallest absolute Gasteiger partial charge is 0.408 e. The van der Waals surface area contributed by atoms with Gasteiger partial charge >= 0.3 is 6.09 Å². The molecule has 0 aromatic heterocycles. The van der Waals surface area contributed by atoms with Crippen LogP contribution < -0.4 is 16.0 Å². The van der Waals surface area contributed by atoms with Gasteiger partial charge in [-0.15, -0.1) is 0 Å². The molecule has 204 valence electrons. The second-order valence-corrected chi connectivity index (χ2v) is 10.3. The Kier molecular flexibility index (Phi) is 7.90. The highest BCUT2D eigenvalue weighted by Crippen LogP contribution is 2.28. The second kappa shape index (κ2) is 11.7. The van der Waals surface area contributed by atoms with E-state index in [1.165, 1.54) is 4.90 Å². The highest BCUT2D eigenvalue weighted by molar-refractivity contribution is 6.05. The number of alkyl carbamates (subject to hydrolysis) is 1. The van der Waals surface area contributed by atoms with Crippen LogP contribution in [0.3, 0.4) is 0 Å². The Labute approximate surface area is 226 Å². The molecule has 0 spiro atoms. The molecule has 1 aliphatic carbocycles. The van der Waals surface area contributed by atoms with Gasteiger partial charge in [0.15, 0.2) is 0 Å². The number of ether oxygens (including phenoxy) is 1. The molecule has 5 rings (SSSR count). The minimum Gasteiger partial charge on any atom is -0.446 e. The lowest BCUT2D eigenvalue weighted by Crippen LogP contribution is -2.52. The quantitative estimate of drug-likeness (QED) is 0.470. The van der Waals surface area contributed by atoms with E-state index in [0.29, 0.717) is 17.5 Å². The number of nitrogens with zero attached hydrogens (tertiary/aromatic N) is 1. The largest absolute Gasteiger partial charge is 0.446 e. The van der Waals surface area contributed by atoms with E-state index in [1.807, 2.05) is 12.1 Å². The maximum Gasteiger partial charge on any atom is 0.408 e. The number of nitrogens with one attached hydrogen (secondary N) is 3. The third kappa shape index (κ3) is 6.10. The zero-order chi connectivity index (χ0) is 27.4. The average molecular weight is 533 g/mol. The lowest BCUT2D eigenvalue weighted by Gasteiger charge is -2.29. The minimum absolute atomic E-state index is 0.132. The maximum atomic E-state index is 13.2. The molecule has 2 aromatic rings. The molecule has 1 saturated carbocycles. The van der Waals surface area contributed by atoms with Crippen molar-refractivity contribution in [1.82, 2.24) is 20.9 Å². The van der Waals surface area contributed by atoms with Crippen LogP contribution in [0.5, 0.6) is 0 Å². The Morgan fingerprint density at radius 1 is 1.00 bits per heavy atom. The summed E-state index contributed by atoms with van der Waals surface area (Å²) in [5.74, 6) is -1.42. The number of carbonyl (C=O) groups is 5. The Morgan fingerprint density at radius 3 is 2.51 bits per heavy atom. The van der Waals surface area contributed by atoms with Gasteiger partial charge < -0.3 is 20.3 Å².